The molecule has 0 aromatic rings. The van der Waals surface area contributed by atoms with E-state index < -0.39 is 28.7 Å². The highest BCUT2D eigenvalue weighted by atomic mass is 16.6. The average Bonchev–Trinajstić information content (AvgIpc) is 3.37. The van der Waals surface area contributed by atoms with Crippen molar-refractivity contribution in [1.29, 1.82) is 0 Å². The SMILES string of the molecule is C#CC#CC#CC#CC#CC#CC#CC#CC#CC#CC#CC#CC=CC#CC#CC(=O)OC(C)(C)C(C)(OC(=O)C#CC#CC=CC#CC#CC#CC#CC#CC#CC#CC#CC#CC#CC#CC#C)C(C)(C)O. The van der Waals surface area contributed by atoms with Crippen molar-refractivity contribution >= 4 is 11.9 Å². The number of terminal acetylenes is 2. The minimum absolute atomic E-state index is 0.999. The van der Waals surface area contributed by atoms with E-state index in [0.717, 1.165) is 0 Å². The van der Waals surface area contributed by atoms with E-state index in [1.54, 1.807) is 0 Å². The summed E-state index contributed by atoms with van der Waals surface area (Å²) in [6.45, 7) is 7.01. The third kappa shape index (κ3) is 36.9. The van der Waals surface area contributed by atoms with Gasteiger partial charge in [-0.1, -0.05) is 23.7 Å². The molecule has 1 atom stereocenters. The Hall–Kier alpha value is -13.9. The summed E-state index contributed by atoms with van der Waals surface area (Å²) in [5.41, 5.74) is -5.14. The molecule has 332 valence electrons. The van der Waals surface area contributed by atoms with Gasteiger partial charge in [0.15, 0.2) is 5.60 Å². The molecule has 0 aromatic carbocycles. The lowest BCUT2D eigenvalue weighted by atomic mass is 9.75. The predicted octanol–water partition coefficient (Wildman–Crippen LogP) is 1.85. The molecule has 0 heterocycles. The van der Waals surface area contributed by atoms with E-state index in [1.165, 1.54) is 58.9 Å². The van der Waals surface area contributed by atoms with Crippen molar-refractivity contribution in [2.24, 2.45) is 0 Å². The predicted molar refractivity (Wildman–Crippen MR) is 289 cm³/mol. The molecular formula is C70H22O5. The summed E-state index contributed by atoms with van der Waals surface area (Å²) in [6, 6.07) is 0. The van der Waals surface area contributed by atoms with Crippen LogP contribution in [0.3, 0.4) is 0 Å². The fraction of sp³-hybridized carbons (Fsp3) is 0.114. The van der Waals surface area contributed by atoms with Crippen LogP contribution in [0.25, 0.3) is 0 Å². The molecule has 5 nitrogen and oxygen atoms in total. The zero-order valence-corrected chi connectivity index (χ0v) is 40.0. The summed E-state index contributed by atoms with van der Waals surface area (Å²) in [5.74, 6) is 130. The highest BCUT2D eigenvalue weighted by Crippen LogP contribution is 2.39. The van der Waals surface area contributed by atoms with Gasteiger partial charge in [-0.05, 0) is 272 Å². The van der Waals surface area contributed by atoms with Gasteiger partial charge in [0, 0.05) is 82.9 Å². The van der Waals surface area contributed by atoms with Crippen LogP contribution in [0.4, 0.5) is 0 Å². The second-order valence-electron chi connectivity index (χ2n) is 12.4. The van der Waals surface area contributed by atoms with E-state index in [1.807, 2.05) is 0 Å². The van der Waals surface area contributed by atoms with E-state index in [4.69, 9.17) is 22.3 Å². The minimum atomic E-state index is -1.81. The van der Waals surface area contributed by atoms with Crippen LogP contribution in [0, 0.1) is 333 Å². The Morgan fingerprint density at radius 3 is 0.707 bits per heavy atom. The number of allylic oxidation sites excluding steroid dienone is 4. The van der Waals surface area contributed by atoms with Gasteiger partial charge in [0.1, 0.15) is 11.2 Å². The Morgan fingerprint density at radius 2 is 0.493 bits per heavy atom. The molecule has 0 bridgehead atoms. The maximum Gasteiger partial charge on any atom is 0.386 e. The number of hydrogen-bond donors (Lipinski definition) is 1. The maximum atomic E-state index is 12.7. The lowest BCUT2D eigenvalue weighted by Crippen LogP contribution is -2.64. The van der Waals surface area contributed by atoms with Crippen molar-refractivity contribution in [3.8, 4) is 333 Å². The summed E-state index contributed by atoms with van der Waals surface area (Å²) >= 11 is 0. The number of carbonyl (C=O) groups excluding carboxylic acids is 2. The highest BCUT2D eigenvalue weighted by Gasteiger charge is 2.57. The van der Waals surface area contributed by atoms with Gasteiger partial charge < -0.3 is 14.6 Å². The van der Waals surface area contributed by atoms with E-state index >= 15 is 0 Å². The number of esters is 2. The quantitative estimate of drug-likeness (QED) is 0.265. The van der Waals surface area contributed by atoms with Gasteiger partial charge >= 0.3 is 11.9 Å². The Balaban J connectivity index is 5.14. The Bertz CT molecular complexity index is 4310. The van der Waals surface area contributed by atoms with Gasteiger partial charge in [-0.25, -0.2) is 9.59 Å². The first-order valence-corrected chi connectivity index (χ1v) is 19.8. The number of hydrogen-bond acceptors (Lipinski definition) is 5. The standard InChI is InChI=1S/C70H22O5/c1-8-10-12-14-16-18-20-22-24-26-28-30-32-34-36-38-40-42-44-46-48-50-52-54-56-58-60-62-64-66(71)74-69(5,6)70(7,68(3,4)73)75-67(72)65-63-61-59-57-55-53-51-49-47-45-43-41-39-37-35-33-31-29-27-25-23-21-19-17-15-13-11-9-2/h1-2,54-57,73H,3-7H3. The fourth-order valence-electron chi connectivity index (χ4n) is 3.45. The zero-order chi connectivity index (χ0) is 55.1. The van der Waals surface area contributed by atoms with Gasteiger partial charge in [-0.15, -0.1) is 12.8 Å². The molecule has 0 aliphatic heterocycles. The van der Waals surface area contributed by atoms with Crippen LogP contribution in [-0.2, 0) is 19.1 Å². The number of aliphatic hydroxyl groups is 1. The molecule has 0 radical (unpaired) electrons. The second kappa shape index (κ2) is 42.7. The van der Waals surface area contributed by atoms with E-state index in [9.17, 15) is 14.7 Å². The second-order valence-corrected chi connectivity index (χ2v) is 12.4. The molecule has 0 spiro atoms. The monoisotopic (exact) mass is 942 g/mol. The molecule has 0 aliphatic rings. The van der Waals surface area contributed by atoms with Gasteiger partial charge in [-0.3, -0.25) is 0 Å². The first-order chi connectivity index (χ1) is 36.4. The van der Waals surface area contributed by atoms with Crippen molar-refractivity contribution in [1.82, 2.24) is 0 Å². The number of carbonyl (C=O) groups is 2. The van der Waals surface area contributed by atoms with Crippen LogP contribution in [-0.4, -0.2) is 33.8 Å². The summed E-state index contributed by atoms with van der Waals surface area (Å²) in [4.78, 5) is 25.3. The third-order valence-electron chi connectivity index (χ3n) is 6.85. The average molecular weight is 943 g/mol. The molecule has 0 fully saturated rings. The van der Waals surface area contributed by atoms with Gasteiger partial charge in [-0.2, -0.15) is 0 Å². The van der Waals surface area contributed by atoms with Crippen LogP contribution in [0.1, 0.15) is 34.6 Å². The number of rotatable bonds is 4. The molecule has 5 heteroatoms. The topological polar surface area (TPSA) is 72.8 Å². The highest BCUT2D eigenvalue weighted by molar-refractivity contribution is 5.90. The molecular weight excluding hydrogens is 921 g/mol. The van der Waals surface area contributed by atoms with Crippen LogP contribution in [0.15, 0.2) is 24.3 Å². The van der Waals surface area contributed by atoms with Crippen LogP contribution in [0.5, 0.6) is 0 Å². The van der Waals surface area contributed by atoms with Crippen molar-refractivity contribution in [2.75, 3.05) is 0 Å². The fourth-order valence-corrected chi connectivity index (χ4v) is 3.45. The Labute approximate surface area is 442 Å². The molecule has 0 aliphatic carbocycles. The summed E-state index contributed by atoms with van der Waals surface area (Å²) < 4.78 is 11.0. The maximum absolute atomic E-state index is 12.7. The van der Waals surface area contributed by atoms with Crippen molar-refractivity contribution < 1.29 is 24.2 Å². The molecule has 1 unspecified atom stereocenters. The van der Waals surface area contributed by atoms with Crippen LogP contribution in [0.2, 0.25) is 0 Å². The molecule has 0 saturated carbocycles. The molecule has 75 heavy (non-hydrogen) atoms. The van der Waals surface area contributed by atoms with Gasteiger partial charge in [0.2, 0.25) is 0 Å². The van der Waals surface area contributed by atoms with E-state index in [-0.39, 0.29) is 0 Å². The van der Waals surface area contributed by atoms with Crippen molar-refractivity contribution in [3.63, 3.8) is 0 Å². The van der Waals surface area contributed by atoms with Gasteiger partial charge in [0.25, 0.3) is 0 Å². The largest absolute Gasteiger partial charge is 0.446 e. The summed E-state index contributed by atoms with van der Waals surface area (Å²) in [5, 5.41) is 11.0. The summed E-state index contributed by atoms with van der Waals surface area (Å²) in [6.07, 6.45) is 15.5. The smallest absolute Gasteiger partial charge is 0.386 e. The lowest BCUT2D eigenvalue weighted by Gasteiger charge is -2.48. The summed E-state index contributed by atoms with van der Waals surface area (Å²) in [7, 11) is 0. The molecule has 0 saturated heterocycles. The number of ether oxygens (including phenoxy) is 2. The Morgan fingerprint density at radius 1 is 0.307 bits per heavy atom. The molecule has 0 amide bonds. The first kappa shape index (κ1) is 61.1. The minimum Gasteiger partial charge on any atom is -0.446 e. The van der Waals surface area contributed by atoms with Crippen molar-refractivity contribution in [2.45, 2.75) is 51.4 Å². The van der Waals surface area contributed by atoms with E-state index in [0.29, 0.717) is 0 Å². The molecule has 0 rings (SSSR count). The molecule has 1 N–H and O–H groups in total. The normalized spacial score (nSPS) is 7.31. The van der Waals surface area contributed by atoms with E-state index in [2.05, 4.69) is 320 Å². The first-order valence-electron chi connectivity index (χ1n) is 19.8. The zero-order valence-electron chi connectivity index (χ0n) is 40.0. The lowest BCUT2D eigenvalue weighted by molar-refractivity contribution is -0.239. The van der Waals surface area contributed by atoms with Crippen LogP contribution < -0.4 is 0 Å². The van der Waals surface area contributed by atoms with Gasteiger partial charge in [0.05, 0.1) is 0 Å². The molecule has 0 aromatic heterocycles. The van der Waals surface area contributed by atoms with Crippen LogP contribution >= 0.6 is 0 Å². The van der Waals surface area contributed by atoms with Crippen molar-refractivity contribution in [3.05, 3.63) is 24.3 Å². The Kier molecular flexibility index (Phi) is 34.7. The third-order valence-corrected chi connectivity index (χ3v) is 6.85.